The van der Waals surface area contributed by atoms with E-state index in [0.29, 0.717) is 23.4 Å². The summed E-state index contributed by atoms with van der Waals surface area (Å²) in [5, 5.41) is 21.0. The maximum Gasteiger partial charge on any atom is 0.290 e. The van der Waals surface area contributed by atoms with Crippen molar-refractivity contribution in [3.8, 4) is 28.4 Å². The third-order valence-electron chi connectivity index (χ3n) is 5.92. The molecule has 3 aromatic heterocycles. The maximum absolute atomic E-state index is 12.8. The number of tetrazole rings is 1. The molecule has 0 amide bonds. The van der Waals surface area contributed by atoms with Gasteiger partial charge in [-0.3, -0.25) is 4.79 Å². The van der Waals surface area contributed by atoms with Crippen molar-refractivity contribution in [1.82, 2.24) is 40.4 Å². The van der Waals surface area contributed by atoms with Crippen LogP contribution in [0.15, 0.2) is 53.3 Å². The second-order valence-electron chi connectivity index (χ2n) is 8.67. The van der Waals surface area contributed by atoms with Gasteiger partial charge in [-0.05, 0) is 28.8 Å². The second-order valence-corrected chi connectivity index (χ2v) is 8.67. The van der Waals surface area contributed by atoms with E-state index in [0.717, 1.165) is 28.1 Å². The molecule has 5 rings (SSSR count). The zero-order chi connectivity index (χ0) is 25.2. The van der Waals surface area contributed by atoms with E-state index in [-0.39, 0.29) is 17.4 Å². The van der Waals surface area contributed by atoms with E-state index in [2.05, 4.69) is 30.8 Å². The molecule has 184 valence electrons. The van der Waals surface area contributed by atoms with Gasteiger partial charge in [0.1, 0.15) is 11.3 Å². The minimum Gasteiger partial charge on any atom is -0.445 e. The van der Waals surface area contributed by atoms with Crippen LogP contribution in [0.5, 0.6) is 5.88 Å². The summed E-state index contributed by atoms with van der Waals surface area (Å²) in [7, 11) is 1.54. The van der Waals surface area contributed by atoms with E-state index in [1.807, 2.05) is 66.9 Å². The molecular formula is C25H26N8O3. The number of imidazole rings is 1. The SMILES string of the molecule is COC(C)Oc1n[nH]c(=O)c2c1nc(C(C)C)n2Cc1ccc(-c2ccccc2-c2nn[nH]n2)cc1. The first-order valence-electron chi connectivity index (χ1n) is 11.6. The summed E-state index contributed by atoms with van der Waals surface area (Å²) < 4.78 is 12.9. The van der Waals surface area contributed by atoms with Gasteiger partial charge in [-0.25, -0.2) is 10.1 Å². The summed E-state index contributed by atoms with van der Waals surface area (Å²) in [5.74, 6) is 1.61. The third kappa shape index (κ3) is 4.36. The van der Waals surface area contributed by atoms with Crippen molar-refractivity contribution in [2.75, 3.05) is 7.11 Å². The van der Waals surface area contributed by atoms with Gasteiger partial charge in [0.15, 0.2) is 11.8 Å². The van der Waals surface area contributed by atoms with E-state index in [9.17, 15) is 4.79 Å². The summed E-state index contributed by atoms with van der Waals surface area (Å²) >= 11 is 0. The van der Waals surface area contributed by atoms with Crippen LogP contribution >= 0.6 is 0 Å². The molecule has 0 aliphatic carbocycles. The van der Waals surface area contributed by atoms with E-state index in [1.165, 1.54) is 7.11 Å². The molecule has 1 atom stereocenters. The predicted octanol–water partition coefficient (Wildman–Crippen LogP) is 3.51. The number of nitrogens with zero attached hydrogens (tertiary/aromatic N) is 6. The Hall–Kier alpha value is -4.38. The normalized spacial score (nSPS) is 12.4. The molecule has 11 nitrogen and oxygen atoms in total. The molecule has 2 N–H and O–H groups in total. The first kappa shape index (κ1) is 23.4. The van der Waals surface area contributed by atoms with Crippen molar-refractivity contribution in [2.45, 2.75) is 39.5 Å². The molecule has 0 fully saturated rings. The number of H-pyrrole nitrogens is 2. The lowest BCUT2D eigenvalue weighted by Gasteiger charge is -2.13. The first-order chi connectivity index (χ1) is 17.5. The zero-order valence-electron chi connectivity index (χ0n) is 20.4. The van der Waals surface area contributed by atoms with Gasteiger partial charge in [0.2, 0.25) is 5.82 Å². The average Bonchev–Trinajstić information content (AvgIpc) is 3.56. The number of aromatic nitrogens is 8. The minimum absolute atomic E-state index is 0.0746. The van der Waals surface area contributed by atoms with Gasteiger partial charge in [-0.15, -0.1) is 15.3 Å². The van der Waals surface area contributed by atoms with E-state index < -0.39 is 6.29 Å². The van der Waals surface area contributed by atoms with Gasteiger partial charge in [0, 0.05) is 25.1 Å². The number of fused-ring (bicyclic) bond motifs is 1. The molecule has 2 aromatic carbocycles. The molecule has 0 saturated heterocycles. The highest BCUT2D eigenvalue weighted by Gasteiger charge is 2.22. The molecule has 11 heteroatoms. The van der Waals surface area contributed by atoms with Crippen LogP contribution in [0.2, 0.25) is 0 Å². The number of aromatic amines is 2. The van der Waals surface area contributed by atoms with Gasteiger partial charge in [0.05, 0.1) is 0 Å². The van der Waals surface area contributed by atoms with Crippen molar-refractivity contribution in [2.24, 2.45) is 0 Å². The van der Waals surface area contributed by atoms with Crippen LogP contribution in [-0.4, -0.2) is 53.8 Å². The zero-order valence-corrected chi connectivity index (χ0v) is 20.4. The molecule has 5 aromatic rings. The van der Waals surface area contributed by atoms with Crippen molar-refractivity contribution < 1.29 is 9.47 Å². The molecule has 0 spiro atoms. The quantitative estimate of drug-likeness (QED) is 0.318. The van der Waals surface area contributed by atoms with Gasteiger partial charge in [-0.2, -0.15) is 5.21 Å². The Balaban J connectivity index is 1.52. The monoisotopic (exact) mass is 486 g/mol. The van der Waals surface area contributed by atoms with Crippen LogP contribution in [0.3, 0.4) is 0 Å². The smallest absolute Gasteiger partial charge is 0.290 e. The Bertz CT molecular complexity index is 1540. The van der Waals surface area contributed by atoms with E-state index >= 15 is 0 Å². The Morgan fingerprint density at radius 1 is 1.00 bits per heavy atom. The van der Waals surface area contributed by atoms with Gasteiger partial charge < -0.3 is 14.0 Å². The number of methoxy groups -OCH3 is 1. The lowest BCUT2D eigenvalue weighted by atomic mass is 9.98. The number of hydrogen-bond acceptors (Lipinski definition) is 8. The molecule has 1 unspecified atom stereocenters. The second kappa shape index (κ2) is 9.70. The minimum atomic E-state index is -0.540. The van der Waals surface area contributed by atoms with Crippen molar-refractivity contribution in [3.63, 3.8) is 0 Å². The largest absolute Gasteiger partial charge is 0.445 e. The predicted molar refractivity (Wildman–Crippen MR) is 133 cm³/mol. The fourth-order valence-corrected chi connectivity index (χ4v) is 4.12. The third-order valence-corrected chi connectivity index (χ3v) is 5.92. The Morgan fingerprint density at radius 3 is 2.42 bits per heavy atom. The van der Waals surface area contributed by atoms with Crippen molar-refractivity contribution in [1.29, 1.82) is 0 Å². The van der Waals surface area contributed by atoms with Crippen LogP contribution in [0.25, 0.3) is 33.5 Å². The molecule has 0 saturated carbocycles. The first-order valence-corrected chi connectivity index (χ1v) is 11.6. The number of benzene rings is 2. The summed E-state index contributed by atoms with van der Waals surface area (Å²) in [6.07, 6.45) is -0.540. The maximum atomic E-state index is 12.8. The van der Waals surface area contributed by atoms with E-state index in [4.69, 9.17) is 14.5 Å². The van der Waals surface area contributed by atoms with Crippen molar-refractivity contribution >= 4 is 11.0 Å². The number of hydrogen-bond donors (Lipinski definition) is 2. The highest BCUT2D eigenvalue weighted by atomic mass is 16.7. The highest BCUT2D eigenvalue weighted by molar-refractivity contribution is 5.81. The van der Waals surface area contributed by atoms with Gasteiger partial charge >= 0.3 is 0 Å². The molecule has 36 heavy (non-hydrogen) atoms. The summed E-state index contributed by atoms with van der Waals surface area (Å²) in [4.78, 5) is 17.6. The Kier molecular flexibility index (Phi) is 6.30. The molecule has 0 aliphatic rings. The fraction of sp³-hybridized carbons (Fsp3) is 0.280. The Labute approximate surface area is 206 Å². The highest BCUT2D eigenvalue weighted by Crippen LogP contribution is 2.31. The van der Waals surface area contributed by atoms with Crippen molar-refractivity contribution in [3.05, 3.63) is 70.3 Å². The van der Waals surface area contributed by atoms with Gasteiger partial charge in [-0.1, -0.05) is 62.4 Å². The molecular weight excluding hydrogens is 460 g/mol. The molecule has 0 radical (unpaired) electrons. The van der Waals surface area contributed by atoms with Crippen LogP contribution in [0.4, 0.5) is 0 Å². The molecule has 3 heterocycles. The topological polar surface area (TPSA) is 136 Å². The van der Waals surface area contributed by atoms with Crippen LogP contribution in [0.1, 0.15) is 38.1 Å². The summed E-state index contributed by atoms with van der Waals surface area (Å²) in [6.45, 7) is 6.28. The standard InChI is InChI=1S/C25H26N8O3/c1-14(2)23-26-20-21(24(34)29-30-25(20)36-15(3)35-4)33(23)13-16-9-11-17(12-10-16)18-7-5-6-8-19(18)22-27-31-32-28-22/h5-12,14-15H,13H2,1-4H3,(H,29,34)(H,27,28,31,32). The van der Waals surface area contributed by atoms with Crippen LogP contribution in [-0.2, 0) is 11.3 Å². The summed E-state index contributed by atoms with van der Waals surface area (Å²) in [5.41, 5.74) is 4.42. The van der Waals surface area contributed by atoms with E-state index in [1.54, 1.807) is 6.92 Å². The lowest BCUT2D eigenvalue weighted by molar-refractivity contribution is -0.0406. The molecule has 0 bridgehead atoms. The fourth-order valence-electron chi connectivity index (χ4n) is 4.12. The lowest BCUT2D eigenvalue weighted by Crippen LogP contribution is -2.19. The number of ether oxygens (including phenoxy) is 2. The Morgan fingerprint density at radius 2 is 1.75 bits per heavy atom. The average molecular weight is 487 g/mol. The molecule has 0 aliphatic heterocycles. The van der Waals surface area contributed by atoms with Crippen LogP contribution in [0, 0.1) is 0 Å². The number of rotatable bonds is 8. The summed E-state index contributed by atoms with van der Waals surface area (Å²) in [6, 6.07) is 16.1. The van der Waals surface area contributed by atoms with Crippen LogP contribution < -0.4 is 10.3 Å². The number of nitrogens with one attached hydrogen (secondary N) is 2. The van der Waals surface area contributed by atoms with Gasteiger partial charge in [0.25, 0.3) is 11.4 Å².